The number of carbonyl (C=O) groups is 4. The molecule has 0 fully saturated rings. The fraction of sp³-hybridized carbons (Fsp3) is 0.955. The lowest BCUT2D eigenvalue weighted by atomic mass is 10.0. The van der Waals surface area contributed by atoms with E-state index in [1.54, 1.807) is 0 Å². The summed E-state index contributed by atoms with van der Waals surface area (Å²) in [5.74, 6) is -1.32. The highest BCUT2D eigenvalue weighted by atomic mass is 31.2. The van der Waals surface area contributed by atoms with Gasteiger partial charge in [0.25, 0.3) is 0 Å². The summed E-state index contributed by atoms with van der Waals surface area (Å²) in [6, 6.07) is 0. The zero-order chi connectivity index (χ0) is 78.3. The highest BCUT2D eigenvalue weighted by Crippen LogP contribution is 2.45. The number of esters is 4. The summed E-state index contributed by atoms with van der Waals surface area (Å²) in [5.41, 5.74) is 0. The number of aliphatic hydroxyl groups is 1. The minimum Gasteiger partial charge on any atom is -0.462 e. The van der Waals surface area contributed by atoms with Crippen LogP contribution in [0.25, 0.3) is 0 Å². The molecule has 0 aliphatic heterocycles. The number of aliphatic hydroxyl groups excluding tert-OH is 1. The van der Waals surface area contributed by atoms with E-state index in [4.69, 9.17) is 37.0 Å². The molecule has 107 heavy (non-hydrogen) atoms. The van der Waals surface area contributed by atoms with Crippen molar-refractivity contribution in [3.8, 4) is 0 Å². The lowest BCUT2D eigenvalue weighted by Gasteiger charge is -2.21. The summed E-state index contributed by atoms with van der Waals surface area (Å²) >= 11 is 0. The molecule has 0 amide bonds. The number of rotatable bonds is 88. The summed E-state index contributed by atoms with van der Waals surface area (Å²) in [6.07, 6.45) is 75.0. The van der Waals surface area contributed by atoms with E-state index >= 15 is 0 Å². The van der Waals surface area contributed by atoms with Gasteiger partial charge in [-0.3, -0.25) is 37.3 Å². The van der Waals surface area contributed by atoms with E-state index in [2.05, 4.69) is 34.6 Å². The van der Waals surface area contributed by atoms with Gasteiger partial charge in [0.05, 0.1) is 26.4 Å². The van der Waals surface area contributed by atoms with Crippen LogP contribution in [-0.2, 0) is 65.4 Å². The predicted molar refractivity (Wildman–Crippen MR) is 442 cm³/mol. The van der Waals surface area contributed by atoms with Gasteiger partial charge in [-0.05, 0) is 31.6 Å². The van der Waals surface area contributed by atoms with E-state index < -0.39 is 97.5 Å². The first-order valence-corrected chi connectivity index (χ1v) is 48.6. The Bertz CT molecular complexity index is 2030. The Kier molecular flexibility index (Phi) is 79.2. The normalized spacial score (nSPS) is 13.7. The predicted octanol–water partition coefficient (Wildman–Crippen LogP) is 27.2. The molecule has 0 aromatic heterocycles. The second kappa shape index (κ2) is 80.7. The molecular weight excluding hydrogens is 1390 g/mol. The molecule has 0 aliphatic rings. The zero-order valence-corrected chi connectivity index (χ0v) is 72.1. The van der Waals surface area contributed by atoms with E-state index in [1.807, 2.05) is 0 Å². The molecule has 5 atom stereocenters. The average Bonchev–Trinajstić information content (AvgIpc) is 0.917. The molecule has 19 heteroatoms. The maximum absolute atomic E-state index is 13.2. The molecular formula is C88H172O17P2. The Morgan fingerprint density at radius 1 is 0.252 bits per heavy atom. The third-order valence-electron chi connectivity index (χ3n) is 20.8. The van der Waals surface area contributed by atoms with Crippen LogP contribution in [0.3, 0.4) is 0 Å². The molecule has 0 rings (SSSR count). The maximum atomic E-state index is 13.2. The van der Waals surface area contributed by atoms with Crippen molar-refractivity contribution in [2.75, 3.05) is 39.6 Å². The summed E-state index contributed by atoms with van der Waals surface area (Å²) in [7, 11) is -9.93. The van der Waals surface area contributed by atoms with Crippen molar-refractivity contribution < 1.29 is 80.2 Å². The van der Waals surface area contributed by atoms with Crippen LogP contribution in [0.1, 0.15) is 478 Å². The van der Waals surface area contributed by atoms with Crippen molar-refractivity contribution in [2.24, 2.45) is 5.92 Å². The monoisotopic (exact) mass is 1560 g/mol. The third-order valence-corrected chi connectivity index (χ3v) is 22.7. The molecule has 0 radical (unpaired) electrons. The molecule has 0 bridgehead atoms. The van der Waals surface area contributed by atoms with Crippen molar-refractivity contribution in [3.05, 3.63) is 0 Å². The Balaban J connectivity index is 5.24. The standard InChI is InChI=1S/C88H172O17P2/c1-6-9-12-15-18-21-24-27-29-31-33-35-37-39-41-47-52-57-62-67-72-86(91)99-78-84(104-87(92)73-68-63-58-53-48-42-40-38-36-34-32-30-28-25-22-19-16-13-10-7-2)80-103-107(96,97)101-76-82(89)75-100-106(94,95)102-79-83(77-98-85(90)71-66-61-56-51-46-26-23-20-17-14-11-8-3)105-88(93)74-69-64-59-54-49-44-43-45-50-55-60-65-70-81(4)5/h81-84,89H,6-80H2,1-5H3,(H,94,95)(H,96,97)/t82-,83+,84+/m0/s1. The molecule has 0 aromatic carbocycles. The number of hydrogen-bond donors (Lipinski definition) is 3. The van der Waals surface area contributed by atoms with Crippen molar-refractivity contribution in [2.45, 2.75) is 496 Å². The average molecular weight is 1560 g/mol. The molecule has 17 nitrogen and oxygen atoms in total. The van der Waals surface area contributed by atoms with E-state index in [1.165, 1.54) is 302 Å². The van der Waals surface area contributed by atoms with Crippen molar-refractivity contribution in [3.63, 3.8) is 0 Å². The second-order valence-corrected chi connectivity index (χ2v) is 35.0. The van der Waals surface area contributed by atoms with Crippen LogP contribution in [0.4, 0.5) is 0 Å². The first-order chi connectivity index (χ1) is 52.0. The van der Waals surface area contributed by atoms with Gasteiger partial charge in [0.15, 0.2) is 12.2 Å². The summed E-state index contributed by atoms with van der Waals surface area (Å²) in [6.45, 7) is 7.39. The largest absolute Gasteiger partial charge is 0.472 e. The van der Waals surface area contributed by atoms with Crippen LogP contribution >= 0.6 is 15.6 Å². The number of ether oxygens (including phenoxy) is 4. The van der Waals surface area contributed by atoms with Crippen LogP contribution in [0.5, 0.6) is 0 Å². The first kappa shape index (κ1) is 105. The topological polar surface area (TPSA) is 237 Å². The molecule has 0 saturated heterocycles. The fourth-order valence-electron chi connectivity index (χ4n) is 13.8. The second-order valence-electron chi connectivity index (χ2n) is 32.1. The molecule has 3 N–H and O–H groups in total. The number of phosphoric ester groups is 2. The Labute approximate surface area is 658 Å². The lowest BCUT2D eigenvalue weighted by Crippen LogP contribution is -2.30. The SMILES string of the molecule is CCCCCCCCCCCCCCCCCCCCCCC(=O)OC[C@H](COP(=O)(O)OC[C@@H](O)COP(=O)(O)OC[C@@H](COC(=O)CCCCCCCCCCCCCC)OC(=O)CCCCCCCCCCCCCCC(C)C)OC(=O)CCCCCCCCCCCCCCCCCCCCCC. The third kappa shape index (κ3) is 81.9. The van der Waals surface area contributed by atoms with E-state index in [0.29, 0.717) is 25.7 Å². The van der Waals surface area contributed by atoms with E-state index in [-0.39, 0.29) is 25.7 Å². The van der Waals surface area contributed by atoms with Gasteiger partial charge < -0.3 is 33.8 Å². The summed E-state index contributed by atoms with van der Waals surface area (Å²) in [4.78, 5) is 73.3. The van der Waals surface area contributed by atoms with Gasteiger partial charge >= 0.3 is 39.5 Å². The molecule has 0 heterocycles. The minimum absolute atomic E-state index is 0.108. The van der Waals surface area contributed by atoms with Gasteiger partial charge in [0.1, 0.15) is 19.3 Å². The van der Waals surface area contributed by atoms with Crippen LogP contribution < -0.4 is 0 Å². The molecule has 636 valence electrons. The Morgan fingerprint density at radius 2 is 0.430 bits per heavy atom. The lowest BCUT2D eigenvalue weighted by molar-refractivity contribution is -0.161. The fourth-order valence-corrected chi connectivity index (χ4v) is 15.4. The maximum Gasteiger partial charge on any atom is 0.472 e. The van der Waals surface area contributed by atoms with Gasteiger partial charge in [-0.2, -0.15) is 0 Å². The molecule has 0 aliphatic carbocycles. The molecule has 0 aromatic rings. The van der Waals surface area contributed by atoms with Crippen LogP contribution in [0, 0.1) is 5.92 Å². The number of unbranched alkanes of at least 4 members (excludes halogenated alkanes) is 60. The van der Waals surface area contributed by atoms with E-state index in [9.17, 15) is 43.2 Å². The molecule has 2 unspecified atom stereocenters. The van der Waals surface area contributed by atoms with Gasteiger partial charge in [-0.1, -0.05) is 426 Å². The number of hydrogen-bond acceptors (Lipinski definition) is 15. The Morgan fingerprint density at radius 3 is 0.636 bits per heavy atom. The van der Waals surface area contributed by atoms with Crippen molar-refractivity contribution in [1.82, 2.24) is 0 Å². The summed E-state index contributed by atoms with van der Waals surface area (Å²) < 4.78 is 69.0. The molecule has 0 spiro atoms. The summed E-state index contributed by atoms with van der Waals surface area (Å²) in [5, 5.41) is 10.7. The number of carbonyl (C=O) groups excluding carboxylic acids is 4. The van der Waals surface area contributed by atoms with Crippen LogP contribution in [0.2, 0.25) is 0 Å². The molecule has 0 saturated carbocycles. The van der Waals surface area contributed by atoms with Gasteiger partial charge in [-0.15, -0.1) is 0 Å². The van der Waals surface area contributed by atoms with Crippen LogP contribution in [0.15, 0.2) is 0 Å². The van der Waals surface area contributed by atoms with Crippen LogP contribution in [-0.4, -0.2) is 96.7 Å². The minimum atomic E-state index is -4.97. The smallest absolute Gasteiger partial charge is 0.462 e. The van der Waals surface area contributed by atoms with Gasteiger partial charge in [-0.25, -0.2) is 9.13 Å². The van der Waals surface area contributed by atoms with Crippen molar-refractivity contribution >= 4 is 39.5 Å². The zero-order valence-electron chi connectivity index (χ0n) is 70.3. The highest BCUT2D eigenvalue weighted by molar-refractivity contribution is 7.47. The Hall–Kier alpha value is -1.94. The highest BCUT2D eigenvalue weighted by Gasteiger charge is 2.30. The van der Waals surface area contributed by atoms with E-state index in [0.717, 1.165) is 95.8 Å². The van der Waals surface area contributed by atoms with Crippen molar-refractivity contribution in [1.29, 1.82) is 0 Å². The van der Waals surface area contributed by atoms with Gasteiger partial charge in [0.2, 0.25) is 0 Å². The van der Waals surface area contributed by atoms with Gasteiger partial charge in [0, 0.05) is 25.7 Å². The quantitative estimate of drug-likeness (QED) is 0.0222. The number of phosphoric acid groups is 2. The first-order valence-electron chi connectivity index (χ1n) is 45.6.